The van der Waals surface area contributed by atoms with E-state index >= 15 is 0 Å². The van der Waals surface area contributed by atoms with Gasteiger partial charge in [-0.1, -0.05) is 36.4 Å². The number of nitrogens with one attached hydrogen (secondary N) is 1. The van der Waals surface area contributed by atoms with Crippen molar-refractivity contribution >= 4 is 21.6 Å². The monoisotopic (exact) mass is 410 g/mol. The van der Waals surface area contributed by atoms with Crippen LogP contribution in [0.3, 0.4) is 0 Å². The van der Waals surface area contributed by atoms with Crippen LogP contribution in [0.25, 0.3) is 0 Å². The van der Waals surface area contributed by atoms with E-state index in [0.29, 0.717) is 5.69 Å². The molecule has 1 heterocycles. The number of carbonyl (C=O) groups is 1. The number of hydrogen-bond donors (Lipinski definition) is 1. The maximum Gasteiger partial charge on any atom is 0.290 e. The van der Waals surface area contributed by atoms with Crippen LogP contribution in [-0.4, -0.2) is 32.7 Å². The minimum atomic E-state index is -3.55. The first-order valence-corrected chi connectivity index (χ1v) is 10.6. The summed E-state index contributed by atoms with van der Waals surface area (Å²) < 4.78 is 27.4. The Morgan fingerprint density at radius 2 is 1.59 bits per heavy atom. The smallest absolute Gasteiger partial charge is 0.290 e. The minimum Gasteiger partial charge on any atom is -0.321 e. The Hall–Kier alpha value is -3.03. The van der Waals surface area contributed by atoms with Crippen molar-refractivity contribution in [3.63, 3.8) is 0 Å². The zero-order valence-electron chi connectivity index (χ0n) is 16.4. The number of sulfonamides is 1. The lowest BCUT2D eigenvalue weighted by molar-refractivity contribution is -0.684. The Balaban J connectivity index is 1.62. The van der Waals surface area contributed by atoms with Gasteiger partial charge in [-0.15, -0.1) is 0 Å². The molecule has 0 atom stereocenters. The van der Waals surface area contributed by atoms with Crippen molar-refractivity contribution in [3.8, 4) is 0 Å². The van der Waals surface area contributed by atoms with E-state index in [1.54, 1.807) is 16.7 Å². The predicted molar refractivity (Wildman–Crippen MR) is 112 cm³/mol. The number of benzene rings is 2. The van der Waals surface area contributed by atoms with E-state index in [2.05, 4.69) is 17.4 Å². The first-order valence-electron chi connectivity index (χ1n) is 9.19. The van der Waals surface area contributed by atoms with Crippen LogP contribution < -0.4 is 9.88 Å². The van der Waals surface area contributed by atoms with Gasteiger partial charge in [0.15, 0.2) is 12.4 Å². The molecule has 2 aromatic carbocycles. The van der Waals surface area contributed by atoms with Crippen LogP contribution in [0.4, 0.5) is 5.69 Å². The average molecular weight is 411 g/mol. The van der Waals surface area contributed by atoms with Gasteiger partial charge < -0.3 is 5.32 Å². The molecule has 0 aliphatic heterocycles. The molecule has 0 unspecified atom stereocenters. The van der Waals surface area contributed by atoms with Gasteiger partial charge in [-0.25, -0.2) is 12.7 Å². The fraction of sp³-hybridized carbons (Fsp3) is 0.182. The van der Waals surface area contributed by atoms with Crippen molar-refractivity contribution in [2.75, 3.05) is 19.4 Å². The molecule has 1 amide bonds. The topological polar surface area (TPSA) is 70.4 Å². The normalized spacial score (nSPS) is 11.4. The summed E-state index contributed by atoms with van der Waals surface area (Å²) >= 11 is 0. The molecule has 1 aromatic heterocycles. The molecule has 0 fully saturated rings. The Bertz CT molecular complexity index is 1080. The van der Waals surface area contributed by atoms with E-state index < -0.39 is 10.0 Å². The van der Waals surface area contributed by atoms with E-state index in [1.165, 1.54) is 31.8 Å². The van der Waals surface area contributed by atoms with Gasteiger partial charge in [-0.05, 0) is 35.7 Å². The quantitative estimate of drug-likeness (QED) is 0.609. The Labute approximate surface area is 171 Å². The van der Waals surface area contributed by atoms with E-state index in [0.717, 1.165) is 16.3 Å². The molecule has 1 N–H and O–H groups in total. The molecule has 0 aliphatic carbocycles. The molecule has 0 spiro atoms. The first kappa shape index (κ1) is 20.7. The molecule has 3 aromatic rings. The standard InChI is InChI=1S/C22H23N3O3S/c1-24(2)29(27,28)21-10-6-9-20(16-21)23-22(26)17-25-13-11-19(12-14-25)15-18-7-4-3-5-8-18/h3-14,16H,15,17H2,1-2H3/p+1. The molecule has 0 aliphatic rings. The van der Waals surface area contributed by atoms with Gasteiger partial charge in [-0.2, -0.15) is 4.57 Å². The van der Waals surface area contributed by atoms with Gasteiger partial charge in [0.1, 0.15) is 0 Å². The molecule has 0 saturated heterocycles. The van der Waals surface area contributed by atoms with Gasteiger partial charge in [0.2, 0.25) is 16.6 Å². The number of pyridine rings is 1. The molecule has 7 heteroatoms. The zero-order valence-corrected chi connectivity index (χ0v) is 17.3. The van der Waals surface area contributed by atoms with Crippen LogP contribution in [-0.2, 0) is 27.8 Å². The first-order chi connectivity index (χ1) is 13.8. The van der Waals surface area contributed by atoms with E-state index in [9.17, 15) is 13.2 Å². The van der Waals surface area contributed by atoms with Crippen LogP contribution in [0, 0.1) is 0 Å². The van der Waals surface area contributed by atoms with Crippen LogP contribution >= 0.6 is 0 Å². The Morgan fingerprint density at radius 3 is 2.24 bits per heavy atom. The summed E-state index contributed by atoms with van der Waals surface area (Å²) in [5, 5.41) is 2.75. The highest BCUT2D eigenvalue weighted by Gasteiger charge is 2.18. The van der Waals surface area contributed by atoms with Crippen molar-refractivity contribution in [2.24, 2.45) is 0 Å². The fourth-order valence-corrected chi connectivity index (χ4v) is 3.80. The minimum absolute atomic E-state index is 0.135. The van der Waals surface area contributed by atoms with Crippen LogP contribution in [0.5, 0.6) is 0 Å². The molecule has 0 saturated carbocycles. The van der Waals surface area contributed by atoms with Gasteiger partial charge in [0.05, 0.1) is 4.90 Å². The second-order valence-electron chi connectivity index (χ2n) is 6.90. The Kier molecular flexibility index (Phi) is 6.41. The second kappa shape index (κ2) is 8.98. The highest BCUT2D eigenvalue weighted by molar-refractivity contribution is 7.89. The number of nitrogens with zero attached hydrogens (tertiary/aromatic N) is 2. The van der Waals surface area contributed by atoms with Gasteiger partial charge in [0, 0.05) is 31.9 Å². The van der Waals surface area contributed by atoms with E-state index in [1.807, 2.05) is 42.7 Å². The maximum absolute atomic E-state index is 12.4. The van der Waals surface area contributed by atoms with Crippen molar-refractivity contribution in [1.82, 2.24) is 4.31 Å². The van der Waals surface area contributed by atoms with Crippen LogP contribution in [0.1, 0.15) is 11.1 Å². The molecule has 0 radical (unpaired) electrons. The SMILES string of the molecule is CN(C)S(=O)(=O)c1cccc(NC(=O)C[n+]2ccc(Cc3ccccc3)cc2)c1. The lowest BCUT2D eigenvalue weighted by Crippen LogP contribution is -2.39. The largest absolute Gasteiger partial charge is 0.321 e. The maximum atomic E-state index is 12.4. The van der Waals surface area contributed by atoms with Crippen molar-refractivity contribution in [1.29, 1.82) is 0 Å². The molecule has 150 valence electrons. The van der Waals surface area contributed by atoms with Gasteiger partial charge in [0.25, 0.3) is 5.91 Å². The summed E-state index contributed by atoms with van der Waals surface area (Å²) in [6.07, 6.45) is 4.57. The highest BCUT2D eigenvalue weighted by atomic mass is 32.2. The highest BCUT2D eigenvalue weighted by Crippen LogP contribution is 2.17. The lowest BCUT2D eigenvalue weighted by atomic mass is 10.1. The number of aromatic nitrogens is 1. The second-order valence-corrected chi connectivity index (χ2v) is 9.06. The third-order valence-corrected chi connectivity index (χ3v) is 6.24. The molecule has 3 rings (SSSR count). The van der Waals surface area contributed by atoms with E-state index in [-0.39, 0.29) is 17.3 Å². The third-order valence-electron chi connectivity index (χ3n) is 4.43. The predicted octanol–water partition coefficient (Wildman–Crippen LogP) is 2.45. The third kappa shape index (κ3) is 5.49. The van der Waals surface area contributed by atoms with Crippen molar-refractivity contribution in [2.45, 2.75) is 17.9 Å². The number of anilines is 1. The van der Waals surface area contributed by atoms with Gasteiger partial charge in [-0.3, -0.25) is 4.79 Å². The van der Waals surface area contributed by atoms with Gasteiger partial charge >= 0.3 is 0 Å². The summed E-state index contributed by atoms with van der Waals surface area (Å²) in [5.41, 5.74) is 2.84. The van der Waals surface area contributed by atoms with Crippen molar-refractivity contribution < 1.29 is 17.8 Å². The van der Waals surface area contributed by atoms with Crippen LogP contribution in [0.15, 0.2) is 84.0 Å². The summed E-state index contributed by atoms with van der Waals surface area (Å²) in [7, 11) is -0.606. The summed E-state index contributed by atoms with van der Waals surface area (Å²) in [6.45, 7) is 0.135. The number of hydrogen-bond acceptors (Lipinski definition) is 3. The fourth-order valence-electron chi connectivity index (χ4n) is 2.85. The summed E-state index contributed by atoms with van der Waals surface area (Å²) in [4.78, 5) is 12.5. The summed E-state index contributed by atoms with van der Waals surface area (Å²) in [5.74, 6) is -0.231. The van der Waals surface area contributed by atoms with Crippen LogP contribution in [0.2, 0.25) is 0 Å². The Morgan fingerprint density at radius 1 is 0.931 bits per heavy atom. The van der Waals surface area contributed by atoms with E-state index in [4.69, 9.17) is 0 Å². The number of rotatable bonds is 7. The number of carbonyl (C=O) groups excluding carboxylic acids is 1. The molecular weight excluding hydrogens is 386 g/mol. The lowest BCUT2D eigenvalue weighted by Gasteiger charge is -2.12. The summed E-state index contributed by atoms with van der Waals surface area (Å²) in [6, 6.07) is 20.4. The molecule has 29 heavy (non-hydrogen) atoms. The molecular formula is C22H24N3O3S+. The van der Waals surface area contributed by atoms with Crippen molar-refractivity contribution in [3.05, 3.63) is 90.3 Å². The average Bonchev–Trinajstić information content (AvgIpc) is 2.70. The molecule has 6 nitrogen and oxygen atoms in total. The molecule has 0 bridgehead atoms. The zero-order chi connectivity index (χ0) is 20.9. The number of amides is 1.